The number of carbonyl (C=O) groups excluding carboxylic acids is 1. The minimum Gasteiger partial charge on any atom is -0.481 e. The van der Waals surface area contributed by atoms with Crippen molar-refractivity contribution in [3.8, 4) is 0 Å². The molecular formula is C14H27N3O3. The van der Waals surface area contributed by atoms with Crippen molar-refractivity contribution in [1.29, 1.82) is 0 Å². The zero-order chi connectivity index (χ0) is 15.1. The van der Waals surface area contributed by atoms with E-state index in [1.54, 1.807) is 0 Å². The van der Waals surface area contributed by atoms with Gasteiger partial charge in [0.15, 0.2) is 0 Å². The van der Waals surface area contributed by atoms with Crippen LogP contribution in [0, 0.1) is 11.8 Å². The molecule has 116 valence electrons. The van der Waals surface area contributed by atoms with Crippen molar-refractivity contribution in [2.24, 2.45) is 11.8 Å². The zero-order valence-corrected chi connectivity index (χ0v) is 12.7. The van der Waals surface area contributed by atoms with Crippen molar-refractivity contribution >= 4 is 12.0 Å². The fourth-order valence-corrected chi connectivity index (χ4v) is 2.49. The molecule has 20 heavy (non-hydrogen) atoms. The number of amides is 2. The van der Waals surface area contributed by atoms with Crippen molar-refractivity contribution in [2.45, 2.75) is 39.2 Å². The fourth-order valence-electron chi connectivity index (χ4n) is 2.49. The minimum atomic E-state index is -0.868. The number of likely N-dealkylation sites (N-methyl/N-ethyl adjacent to an activating group) is 1. The summed E-state index contributed by atoms with van der Waals surface area (Å²) in [5.74, 6) is -1.41. The predicted octanol–water partition coefficient (Wildman–Crippen LogP) is 1.13. The van der Waals surface area contributed by atoms with Crippen molar-refractivity contribution in [2.75, 3.05) is 26.7 Å². The quantitative estimate of drug-likeness (QED) is 0.683. The van der Waals surface area contributed by atoms with Crippen LogP contribution in [-0.4, -0.2) is 54.7 Å². The van der Waals surface area contributed by atoms with Crippen LogP contribution in [0.15, 0.2) is 0 Å². The highest BCUT2D eigenvalue weighted by molar-refractivity contribution is 5.75. The van der Waals surface area contributed by atoms with Crippen molar-refractivity contribution in [3.05, 3.63) is 0 Å². The summed E-state index contributed by atoms with van der Waals surface area (Å²) in [7, 11) is 2.07. The molecule has 1 rings (SSSR count). The van der Waals surface area contributed by atoms with Gasteiger partial charge in [-0.2, -0.15) is 0 Å². The highest BCUT2D eigenvalue weighted by Gasteiger charge is 2.23. The lowest BCUT2D eigenvalue weighted by Gasteiger charge is -2.32. The molecule has 6 nitrogen and oxygen atoms in total. The number of nitrogens with zero attached hydrogens (tertiary/aromatic N) is 1. The van der Waals surface area contributed by atoms with Crippen LogP contribution in [0.1, 0.15) is 33.1 Å². The normalized spacial score (nSPS) is 21.5. The Hall–Kier alpha value is -1.30. The molecule has 3 N–H and O–H groups in total. The molecule has 1 saturated heterocycles. The third-order valence-corrected chi connectivity index (χ3v) is 4.02. The van der Waals surface area contributed by atoms with Crippen LogP contribution >= 0.6 is 0 Å². The largest absolute Gasteiger partial charge is 0.481 e. The van der Waals surface area contributed by atoms with E-state index in [4.69, 9.17) is 5.11 Å². The van der Waals surface area contributed by atoms with Gasteiger partial charge in [0.2, 0.25) is 0 Å². The van der Waals surface area contributed by atoms with E-state index in [1.807, 2.05) is 13.8 Å². The first-order valence-electron chi connectivity index (χ1n) is 7.36. The van der Waals surface area contributed by atoms with Gasteiger partial charge in [-0.25, -0.2) is 4.79 Å². The summed E-state index contributed by atoms with van der Waals surface area (Å²) in [5.41, 5.74) is 0. The molecule has 0 aliphatic carbocycles. The highest BCUT2D eigenvalue weighted by Crippen LogP contribution is 2.14. The maximum absolute atomic E-state index is 11.7. The van der Waals surface area contributed by atoms with Gasteiger partial charge in [0.25, 0.3) is 0 Å². The lowest BCUT2D eigenvalue weighted by Crippen LogP contribution is -2.48. The lowest BCUT2D eigenvalue weighted by atomic mass is 9.96. The molecular weight excluding hydrogens is 258 g/mol. The van der Waals surface area contributed by atoms with Crippen LogP contribution in [-0.2, 0) is 4.79 Å². The average molecular weight is 285 g/mol. The summed E-state index contributed by atoms with van der Waals surface area (Å²) >= 11 is 0. The number of aliphatic carboxylic acids is 1. The van der Waals surface area contributed by atoms with Gasteiger partial charge in [0, 0.05) is 19.1 Å². The Bertz CT molecular complexity index is 334. The summed E-state index contributed by atoms with van der Waals surface area (Å²) in [5, 5.41) is 14.5. The maximum Gasteiger partial charge on any atom is 0.314 e. The molecule has 1 aliphatic rings. The van der Waals surface area contributed by atoms with E-state index in [0.29, 0.717) is 12.6 Å². The van der Waals surface area contributed by atoms with Crippen molar-refractivity contribution in [3.63, 3.8) is 0 Å². The first-order valence-corrected chi connectivity index (χ1v) is 7.36. The minimum absolute atomic E-state index is 0.00252. The molecule has 1 aliphatic heterocycles. The molecule has 2 amide bonds. The van der Waals surface area contributed by atoms with Crippen molar-refractivity contribution in [1.82, 2.24) is 15.5 Å². The van der Waals surface area contributed by atoms with E-state index in [2.05, 4.69) is 22.6 Å². The third-order valence-electron chi connectivity index (χ3n) is 4.02. The van der Waals surface area contributed by atoms with E-state index < -0.39 is 11.9 Å². The second-order valence-electron chi connectivity index (χ2n) is 5.91. The molecule has 6 heteroatoms. The number of piperidine rings is 1. The van der Waals surface area contributed by atoms with Crippen LogP contribution in [0.3, 0.4) is 0 Å². The predicted molar refractivity (Wildman–Crippen MR) is 77.6 cm³/mol. The van der Waals surface area contributed by atoms with Gasteiger partial charge >= 0.3 is 12.0 Å². The smallest absolute Gasteiger partial charge is 0.314 e. The van der Waals surface area contributed by atoms with Gasteiger partial charge in [-0.05, 0) is 32.4 Å². The number of likely N-dealkylation sites (tertiary alicyclic amines) is 1. The van der Waals surface area contributed by atoms with Gasteiger partial charge in [-0.15, -0.1) is 0 Å². The van der Waals surface area contributed by atoms with E-state index in [-0.39, 0.29) is 18.5 Å². The number of nitrogens with one attached hydrogen (secondary N) is 2. The van der Waals surface area contributed by atoms with Gasteiger partial charge in [0.1, 0.15) is 0 Å². The fraction of sp³-hybridized carbons (Fsp3) is 0.857. The van der Waals surface area contributed by atoms with Crippen LogP contribution < -0.4 is 10.6 Å². The molecule has 1 heterocycles. The summed E-state index contributed by atoms with van der Waals surface area (Å²) in [6.45, 7) is 5.54. The zero-order valence-electron chi connectivity index (χ0n) is 12.7. The van der Waals surface area contributed by atoms with Gasteiger partial charge in [-0.3, -0.25) is 4.79 Å². The van der Waals surface area contributed by atoms with E-state index in [9.17, 15) is 9.59 Å². The average Bonchev–Trinajstić information content (AvgIpc) is 2.37. The van der Waals surface area contributed by atoms with E-state index in [0.717, 1.165) is 13.0 Å². The molecule has 0 spiro atoms. The molecule has 1 fully saturated rings. The second kappa shape index (κ2) is 8.09. The molecule has 0 bridgehead atoms. The topological polar surface area (TPSA) is 81.7 Å². The van der Waals surface area contributed by atoms with Crippen LogP contribution in [0.5, 0.6) is 0 Å². The SMILES string of the molecule is CC(C)C(CNC(=O)NCC1CCCCN1C)C(=O)O. The number of rotatable bonds is 6. The second-order valence-corrected chi connectivity index (χ2v) is 5.91. The molecule has 2 atom stereocenters. The Kier molecular flexibility index (Phi) is 6.78. The standard InChI is InChI=1S/C14H27N3O3/c1-10(2)12(13(18)19)9-16-14(20)15-8-11-6-4-5-7-17(11)3/h10-12H,4-9H2,1-3H3,(H,18,19)(H2,15,16,20). The number of hydrogen-bond acceptors (Lipinski definition) is 3. The summed E-state index contributed by atoms with van der Waals surface area (Å²) in [6.07, 6.45) is 3.52. The van der Waals surface area contributed by atoms with Crippen LogP contribution in [0.4, 0.5) is 4.79 Å². The van der Waals surface area contributed by atoms with Crippen LogP contribution in [0.2, 0.25) is 0 Å². The van der Waals surface area contributed by atoms with E-state index in [1.165, 1.54) is 12.8 Å². The maximum atomic E-state index is 11.7. The Morgan fingerprint density at radius 1 is 1.30 bits per heavy atom. The number of carbonyl (C=O) groups is 2. The summed E-state index contributed by atoms with van der Waals surface area (Å²) in [4.78, 5) is 25.0. The van der Waals surface area contributed by atoms with Gasteiger partial charge < -0.3 is 20.6 Å². The first kappa shape index (κ1) is 16.8. The monoisotopic (exact) mass is 285 g/mol. The van der Waals surface area contributed by atoms with Gasteiger partial charge in [0.05, 0.1) is 5.92 Å². The van der Waals surface area contributed by atoms with Crippen molar-refractivity contribution < 1.29 is 14.7 Å². The number of hydrogen-bond donors (Lipinski definition) is 3. The Morgan fingerprint density at radius 3 is 2.55 bits per heavy atom. The number of urea groups is 1. The number of carboxylic acids is 1. The third kappa shape index (κ3) is 5.36. The Morgan fingerprint density at radius 2 is 2.00 bits per heavy atom. The molecule has 0 saturated carbocycles. The summed E-state index contributed by atoms with van der Waals surface area (Å²) in [6, 6.07) is 0.103. The van der Waals surface area contributed by atoms with Crippen LogP contribution in [0.25, 0.3) is 0 Å². The molecule has 0 aromatic heterocycles. The first-order chi connectivity index (χ1) is 9.41. The summed E-state index contributed by atoms with van der Waals surface area (Å²) < 4.78 is 0. The molecule has 2 unspecified atom stereocenters. The lowest BCUT2D eigenvalue weighted by molar-refractivity contribution is -0.142. The van der Waals surface area contributed by atoms with Gasteiger partial charge in [-0.1, -0.05) is 20.3 Å². The Balaban J connectivity index is 2.27. The Labute approximate surface area is 120 Å². The van der Waals surface area contributed by atoms with E-state index >= 15 is 0 Å². The molecule has 0 aromatic rings. The molecule has 0 aromatic carbocycles. The molecule has 0 radical (unpaired) electrons. The highest BCUT2D eigenvalue weighted by atomic mass is 16.4. The number of carboxylic acid groups (broad SMARTS) is 1.